The van der Waals surface area contributed by atoms with E-state index in [1.54, 1.807) is 18.2 Å². The number of ether oxygens (including phenoxy) is 1. The van der Waals surface area contributed by atoms with Crippen LogP contribution in [0.4, 0.5) is 18.0 Å². The van der Waals surface area contributed by atoms with E-state index in [0.717, 1.165) is 17.2 Å². The van der Waals surface area contributed by atoms with Gasteiger partial charge in [0.05, 0.1) is 18.7 Å². The number of benzene rings is 2. The molecule has 1 aliphatic carbocycles. The Morgan fingerprint density at radius 1 is 1.19 bits per heavy atom. The van der Waals surface area contributed by atoms with Crippen LogP contribution in [-0.4, -0.2) is 18.3 Å². The van der Waals surface area contributed by atoms with Crippen LogP contribution in [0.3, 0.4) is 0 Å². The van der Waals surface area contributed by atoms with Gasteiger partial charge >= 0.3 is 12.3 Å². The summed E-state index contributed by atoms with van der Waals surface area (Å²) in [6.07, 6.45) is -4.99. The molecule has 3 rings (SSSR count). The summed E-state index contributed by atoms with van der Waals surface area (Å²) in [5.74, 6) is -0.223. The predicted molar refractivity (Wildman–Crippen MR) is 94.8 cm³/mol. The summed E-state index contributed by atoms with van der Waals surface area (Å²) in [6, 6.07) is 8.96. The number of fused-ring (bicyclic) bond motifs is 1. The number of rotatable bonds is 3. The lowest BCUT2D eigenvalue weighted by Gasteiger charge is -2.27. The van der Waals surface area contributed by atoms with Crippen molar-refractivity contribution < 1.29 is 27.8 Å². The average molecular weight is 379 g/mol. The minimum atomic E-state index is -4.52. The summed E-state index contributed by atoms with van der Waals surface area (Å²) in [4.78, 5) is 11.1. The van der Waals surface area contributed by atoms with Crippen LogP contribution in [0.2, 0.25) is 0 Å². The second kappa shape index (κ2) is 6.48. The largest absolute Gasteiger partial charge is 0.496 e. The fourth-order valence-electron chi connectivity index (χ4n) is 3.74. The molecule has 0 heterocycles. The van der Waals surface area contributed by atoms with Gasteiger partial charge in [-0.15, -0.1) is 0 Å². The lowest BCUT2D eigenvalue weighted by molar-refractivity contribution is -0.138. The fourth-order valence-corrected chi connectivity index (χ4v) is 3.74. The molecule has 1 atom stereocenters. The molecule has 0 radical (unpaired) electrons. The van der Waals surface area contributed by atoms with Crippen molar-refractivity contribution in [3.63, 3.8) is 0 Å². The first-order valence-electron chi connectivity index (χ1n) is 8.41. The number of methoxy groups -OCH3 is 1. The molecule has 144 valence electrons. The summed E-state index contributed by atoms with van der Waals surface area (Å²) in [5, 5.41) is 11.6. The van der Waals surface area contributed by atoms with Crippen molar-refractivity contribution in [3.05, 3.63) is 53.1 Å². The standard InChI is InChI=1S/C20H20F3NO3/c1-19(2)10-13-8-11(4-6-14(13)17(19)24-18(25)26)12-5-7-16(27-3)15(9-12)20(21,22)23/h4-9,17,24H,10H2,1-3H3,(H,25,26). The molecule has 0 aromatic heterocycles. The van der Waals surface area contributed by atoms with E-state index < -0.39 is 17.8 Å². The van der Waals surface area contributed by atoms with Crippen molar-refractivity contribution in [2.45, 2.75) is 32.5 Å². The number of hydrogen-bond acceptors (Lipinski definition) is 2. The number of halogens is 3. The van der Waals surface area contributed by atoms with E-state index in [1.807, 2.05) is 19.9 Å². The Balaban J connectivity index is 2.03. The van der Waals surface area contributed by atoms with Crippen molar-refractivity contribution in [3.8, 4) is 16.9 Å². The Morgan fingerprint density at radius 3 is 2.41 bits per heavy atom. The van der Waals surface area contributed by atoms with E-state index in [-0.39, 0.29) is 17.2 Å². The highest BCUT2D eigenvalue weighted by Crippen LogP contribution is 2.46. The third-order valence-electron chi connectivity index (χ3n) is 4.99. The van der Waals surface area contributed by atoms with E-state index in [9.17, 15) is 18.0 Å². The zero-order chi connectivity index (χ0) is 20.0. The van der Waals surface area contributed by atoms with Gasteiger partial charge in [0.15, 0.2) is 0 Å². The van der Waals surface area contributed by atoms with Crippen LogP contribution < -0.4 is 10.1 Å². The zero-order valence-electron chi connectivity index (χ0n) is 15.1. The summed E-state index contributed by atoms with van der Waals surface area (Å²) in [7, 11) is 1.21. The molecule has 4 nitrogen and oxygen atoms in total. The molecule has 0 saturated carbocycles. The van der Waals surface area contributed by atoms with Crippen molar-refractivity contribution in [1.29, 1.82) is 0 Å². The van der Waals surface area contributed by atoms with Gasteiger partial charge in [0.1, 0.15) is 5.75 Å². The summed E-state index contributed by atoms with van der Waals surface area (Å²) in [5.41, 5.74) is 1.72. The highest BCUT2D eigenvalue weighted by molar-refractivity contribution is 5.69. The first-order chi connectivity index (χ1) is 12.5. The SMILES string of the molecule is COc1ccc(-c2ccc3c(c2)CC(C)(C)C3NC(=O)O)cc1C(F)(F)F. The van der Waals surface area contributed by atoms with E-state index in [0.29, 0.717) is 17.5 Å². The maximum atomic E-state index is 13.3. The van der Waals surface area contributed by atoms with Crippen molar-refractivity contribution in [1.82, 2.24) is 5.32 Å². The Kier molecular flexibility index (Phi) is 4.57. The van der Waals surface area contributed by atoms with Crippen molar-refractivity contribution >= 4 is 6.09 Å². The van der Waals surface area contributed by atoms with Crippen LogP contribution in [0.15, 0.2) is 36.4 Å². The Hall–Kier alpha value is -2.70. The smallest absolute Gasteiger partial charge is 0.419 e. The van der Waals surface area contributed by atoms with Gasteiger partial charge < -0.3 is 15.2 Å². The Labute approximate surface area is 155 Å². The van der Waals surface area contributed by atoms with Crippen LogP contribution in [0.1, 0.15) is 36.6 Å². The molecule has 0 bridgehead atoms. The third-order valence-corrected chi connectivity index (χ3v) is 4.99. The quantitative estimate of drug-likeness (QED) is 0.764. The van der Waals surface area contributed by atoms with Gasteiger partial charge in [-0.1, -0.05) is 38.1 Å². The van der Waals surface area contributed by atoms with Crippen LogP contribution in [0.25, 0.3) is 11.1 Å². The highest BCUT2D eigenvalue weighted by Gasteiger charge is 2.40. The van der Waals surface area contributed by atoms with E-state index in [1.165, 1.54) is 13.2 Å². The number of amides is 1. The molecule has 0 aliphatic heterocycles. The number of carbonyl (C=O) groups is 1. The summed E-state index contributed by atoms with van der Waals surface area (Å²) in [6.45, 7) is 3.92. The molecule has 0 saturated heterocycles. The molecule has 2 aromatic carbocycles. The zero-order valence-corrected chi connectivity index (χ0v) is 15.1. The van der Waals surface area contributed by atoms with Crippen molar-refractivity contribution in [2.75, 3.05) is 7.11 Å². The number of alkyl halides is 3. The van der Waals surface area contributed by atoms with Gasteiger partial charge in [-0.3, -0.25) is 0 Å². The van der Waals surface area contributed by atoms with Crippen LogP contribution in [-0.2, 0) is 12.6 Å². The maximum Gasteiger partial charge on any atom is 0.419 e. The first kappa shape index (κ1) is 19.1. The van der Waals surface area contributed by atoms with Gasteiger partial charge in [-0.25, -0.2) is 4.79 Å². The third kappa shape index (κ3) is 3.59. The maximum absolute atomic E-state index is 13.3. The molecule has 0 spiro atoms. The molecule has 27 heavy (non-hydrogen) atoms. The van der Waals surface area contributed by atoms with Gasteiger partial charge in [0, 0.05) is 0 Å². The van der Waals surface area contributed by atoms with Crippen molar-refractivity contribution in [2.24, 2.45) is 5.41 Å². The summed E-state index contributed by atoms with van der Waals surface area (Å²) < 4.78 is 44.7. The Morgan fingerprint density at radius 2 is 1.81 bits per heavy atom. The second-order valence-corrected chi connectivity index (χ2v) is 7.37. The normalized spacial score (nSPS) is 18.1. The molecular weight excluding hydrogens is 359 g/mol. The lowest BCUT2D eigenvalue weighted by Crippen LogP contribution is -2.34. The van der Waals surface area contributed by atoms with Gasteiger partial charge in [-0.2, -0.15) is 13.2 Å². The van der Waals surface area contributed by atoms with E-state index in [4.69, 9.17) is 9.84 Å². The molecule has 2 N–H and O–H groups in total. The van der Waals surface area contributed by atoms with E-state index >= 15 is 0 Å². The minimum absolute atomic E-state index is 0.223. The molecule has 0 fully saturated rings. The van der Waals surface area contributed by atoms with Crippen LogP contribution >= 0.6 is 0 Å². The minimum Gasteiger partial charge on any atom is -0.496 e. The fraction of sp³-hybridized carbons (Fsp3) is 0.350. The topological polar surface area (TPSA) is 58.6 Å². The van der Waals surface area contributed by atoms with Crippen LogP contribution in [0.5, 0.6) is 5.75 Å². The first-order valence-corrected chi connectivity index (χ1v) is 8.41. The molecule has 1 unspecified atom stereocenters. The molecule has 2 aromatic rings. The van der Waals surface area contributed by atoms with Crippen LogP contribution in [0, 0.1) is 5.41 Å². The average Bonchev–Trinajstić information content (AvgIpc) is 2.82. The van der Waals surface area contributed by atoms with Gasteiger partial charge in [0.2, 0.25) is 0 Å². The Bertz CT molecular complexity index is 891. The van der Waals surface area contributed by atoms with Gasteiger partial charge in [-0.05, 0) is 46.2 Å². The molecule has 7 heteroatoms. The second-order valence-electron chi connectivity index (χ2n) is 7.37. The monoisotopic (exact) mass is 379 g/mol. The van der Waals surface area contributed by atoms with Gasteiger partial charge in [0.25, 0.3) is 0 Å². The molecule has 1 amide bonds. The number of hydrogen-bond donors (Lipinski definition) is 2. The molecular formula is C20H20F3NO3. The van der Waals surface area contributed by atoms with E-state index in [2.05, 4.69) is 5.32 Å². The lowest BCUT2D eigenvalue weighted by atomic mass is 9.85. The predicted octanol–water partition coefficient (Wildman–Crippen LogP) is 5.27. The molecule has 1 aliphatic rings. The number of nitrogens with one attached hydrogen (secondary N) is 1. The highest BCUT2D eigenvalue weighted by atomic mass is 19.4. The number of carboxylic acid groups (broad SMARTS) is 1. The summed E-state index contributed by atoms with van der Waals surface area (Å²) >= 11 is 0.